The van der Waals surface area contributed by atoms with E-state index in [2.05, 4.69) is 20.2 Å². The molecule has 90 valence electrons. The smallest absolute Gasteiger partial charge is 0.225 e. The van der Waals surface area contributed by atoms with E-state index < -0.39 is 0 Å². The summed E-state index contributed by atoms with van der Waals surface area (Å²) in [5, 5.41) is 2.91. The van der Waals surface area contributed by atoms with Crippen molar-refractivity contribution in [2.45, 2.75) is 18.9 Å². The summed E-state index contributed by atoms with van der Waals surface area (Å²) in [6.07, 6.45) is 5.16. The van der Waals surface area contributed by atoms with Gasteiger partial charge in [-0.25, -0.2) is 9.97 Å². The highest BCUT2D eigenvalue weighted by molar-refractivity contribution is 5.83. The van der Waals surface area contributed by atoms with Gasteiger partial charge in [0.25, 0.3) is 0 Å². The van der Waals surface area contributed by atoms with Crippen LogP contribution in [-0.4, -0.2) is 35.0 Å². The predicted molar refractivity (Wildman–Crippen MR) is 63.3 cm³/mol. The summed E-state index contributed by atoms with van der Waals surface area (Å²) in [6.45, 7) is 1.57. The van der Waals surface area contributed by atoms with E-state index in [0.29, 0.717) is 18.2 Å². The molecular formula is C11H15N5O. The molecule has 2 atom stereocenters. The zero-order valence-corrected chi connectivity index (χ0v) is 9.47. The lowest BCUT2D eigenvalue weighted by atomic mass is 9.91. The van der Waals surface area contributed by atoms with E-state index >= 15 is 0 Å². The Morgan fingerprint density at radius 2 is 2.24 bits per heavy atom. The highest BCUT2D eigenvalue weighted by Gasteiger charge is 2.41. The van der Waals surface area contributed by atoms with E-state index in [4.69, 9.17) is 5.73 Å². The van der Waals surface area contributed by atoms with Crippen LogP contribution in [0.15, 0.2) is 12.4 Å². The van der Waals surface area contributed by atoms with Crippen LogP contribution >= 0.6 is 0 Å². The standard InChI is InChI=1S/C11H15N5O/c12-9-10(14-4-3-13-9)16-5-1-2-7-8(16)6-15-11(7)17/h3-4,7-8H,1-2,5-6H2,(H2,12,13)(H,15,17). The first-order chi connectivity index (χ1) is 8.27. The minimum Gasteiger partial charge on any atom is -0.381 e. The Labute approximate surface area is 99.2 Å². The molecule has 1 aromatic heterocycles. The third-order valence-electron chi connectivity index (χ3n) is 3.58. The van der Waals surface area contributed by atoms with E-state index in [1.54, 1.807) is 12.4 Å². The minimum absolute atomic E-state index is 0.0742. The van der Waals surface area contributed by atoms with Gasteiger partial charge in [-0.3, -0.25) is 4.79 Å². The molecule has 6 heteroatoms. The molecule has 0 bridgehead atoms. The highest BCUT2D eigenvalue weighted by Crippen LogP contribution is 2.32. The first-order valence-electron chi connectivity index (χ1n) is 5.88. The van der Waals surface area contributed by atoms with Crippen molar-refractivity contribution in [2.75, 3.05) is 23.7 Å². The van der Waals surface area contributed by atoms with Gasteiger partial charge in [-0.2, -0.15) is 0 Å². The maximum atomic E-state index is 11.7. The number of hydrogen-bond acceptors (Lipinski definition) is 5. The topological polar surface area (TPSA) is 84.1 Å². The molecule has 1 aromatic rings. The Balaban J connectivity index is 1.93. The Morgan fingerprint density at radius 3 is 3.06 bits per heavy atom. The molecule has 1 amide bonds. The number of amides is 1. The van der Waals surface area contributed by atoms with E-state index in [-0.39, 0.29) is 17.9 Å². The lowest BCUT2D eigenvalue weighted by Gasteiger charge is -2.36. The van der Waals surface area contributed by atoms with Crippen molar-refractivity contribution in [3.63, 3.8) is 0 Å². The fourth-order valence-corrected chi connectivity index (χ4v) is 2.78. The molecule has 6 nitrogen and oxygen atoms in total. The number of nitrogens with two attached hydrogens (primary N) is 1. The number of hydrogen-bond donors (Lipinski definition) is 2. The molecule has 2 fully saturated rings. The molecule has 2 saturated heterocycles. The van der Waals surface area contributed by atoms with Crippen LogP contribution in [0.5, 0.6) is 0 Å². The molecule has 2 unspecified atom stereocenters. The second-order valence-electron chi connectivity index (χ2n) is 4.52. The number of rotatable bonds is 1. The van der Waals surface area contributed by atoms with Crippen molar-refractivity contribution in [1.82, 2.24) is 15.3 Å². The summed E-state index contributed by atoms with van der Waals surface area (Å²) in [5.74, 6) is 1.37. The van der Waals surface area contributed by atoms with Crippen LogP contribution in [0.25, 0.3) is 0 Å². The number of anilines is 2. The lowest BCUT2D eigenvalue weighted by molar-refractivity contribution is -0.122. The Kier molecular flexibility index (Phi) is 2.35. The van der Waals surface area contributed by atoms with Gasteiger partial charge in [-0.15, -0.1) is 0 Å². The van der Waals surface area contributed by atoms with Crippen molar-refractivity contribution < 1.29 is 4.79 Å². The molecule has 17 heavy (non-hydrogen) atoms. The van der Waals surface area contributed by atoms with Gasteiger partial charge in [-0.05, 0) is 12.8 Å². The van der Waals surface area contributed by atoms with Crippen molar-refractivity contribution in [1.29, 1.82) is 0 Å². The SMILES string of the molecule is Nc1nccnc1N1CCCC2C(=O)NCC21. The molecular weight excluding hydrogens is 218 g/mol. The average Bonchev–Trinajstić information content (AvgIpc) is 2.72. The summed E-state index contributed by atoms with van der Waals surface area (Å²) in [5.41, 5.74) is 5.85. The van der Waals surface area contributed by atoms with E-state index in [1.165, 1.54) is 0 Å². The van der Waals surface area contributed by atoms with Gasteiger partial charge in [0, 0.05) is 25.5 Å². The molecule has 3 rings (SSSR count). The van der Waals surface area contributed by atoms with E-state index in [9.17, 15) is 4.79 Å². The van der Waals surface area contributed by atoms with Crippen LogP contribution in [0, 0.1) is 5.92 Å². The summed E-state index contributed by atoms with van der Waals surface area (Å²) in [6, 6.07) is 0.176. The second kappa shape index (κ2) is 3.87. The first kappa shape index (κ1) is 10.3. The van der Waals surface area contributed by atoms with Crippen molar-refractivity contribution >= 4 is 17.5 Å². The van der Waals surface area contributed by atoms with Crippen LogP contribution in [0.3, 0.4) is 0 Å². The second-order valence-corrected chi connectivity index (χ2v) is 4.52. The van der Waals surface area contributed by atoms with E-state index in [0.717, 1.165) is 19.4 Å². The van der Waals surface area contributed by atoms with Gasteiger partial charge >= 0.3 is 0 Å². The number of piperidine rings is 1. The van der Waals surface area contributed by atoms with Gasteiger partial charge in [0.15, 0.2) is 11.6 Å². The normalized spacial score (nSPS) is 27.8. The van der Waals surface area contributed by atoms with Crippen LogP contribution < -0.4 is 16.0 Å². The summed E-state index contributed by atoms with van der Waals surface area (Å²) in [4.78, 5) is 22.1. The maximum absolute atomic E-state index is 11.7. The number of aromatic nitrogens is 2. The van der Waals surface area contributed by atoms with Gasteiger partial charge in [-0.1, -0.05) is 0 Å². The lowest BCUT2D eigenvalue weighted by Crippen LogP contribution is -2.46. The van der Waals surface area contributed by atoms with Gasteiger partial charge in [0.1, 0.15) is 0 Å². The number of nitrogens with zero attached hydrogens (tertiary/aromatic N) is 3. The molecule has 0 spiro atoms. The monoisotopic (exact) mass is 233 g/mol. The quantitative estimate of drug-likeness (QED) is 0.700. The van der Waals surface area contributed by atoms with Gasteiger partial charge in [0.05, 0.1) is 12.0 Å². The van der Waals surface area contributed by atoms with Crippen LogP contribution in [0.2, 0.25) is 0 Å². The number of carbonyl (C=O) groups is 1. The highest BCUT2D eigenvalue weighted by atomic mass is 16.2. The summed E-state index contributed by atoms with van der Waals surface area (Å²) in [7, 11) is 0. The molecule has 2 aliphatic rings. The fourth-order valence-electron chi connectivity index (χ4n) is 2.78. The molecule has 0 aliphatic carbocycles. The number of nitrogens with one attached hydrogen (secondary N) is 1. The number of nitrogen functional groups attached to an aromatic ring is 1. The zero-order valence-electron chi connectivity index (χ0n) is 9.47. The molecule has 3 N–H and O–H groups in total. The first-order valence-corrected chi connectivity index (χ1v) is 5.88. The van der Waals surface area contributed by atoms with Gasteiger partial charge < -0.3 is 16.0 Å². The van der Waals surface area contributed by atoms with Crippen LogP contribution in [0.4, 0.5) is 11.6 Å². The van der Waals surface area contributed by atoms with Crippen molar-refractivity contribution in [3.8, 4) is 0 Å². The molecule has 3 heterocycles. The predicted octanol–water partition coefficient (Wildman–Crippen LogP) is -0.226. The van der Waals surface area contributed by atoms with E-state index in [1.807, 2.05) is 0 Å². The molecule has 0 aromatic carbocycles. The maximum Gasteiger partial charge on any atom is 0.225 e. The average molecular weight is 233 g/mol. The largest absolute Gasteiger partial charge is 0.381 e. The minimum atomic E-state index is 0.0742. The third-order valence-corrected chi connectivity index (χ3v) is 3.58. The van der Waals surface area contributed by atoms with Crippen LogP contribution in [0.1, 0.15) is 12.8 Å². The summed E-state index contributed by atoms with van der Waals surface area (Å²) < 4.78 is 0. The van der Waals surface area contributed by atoms with Gasteiger partial charge in [0.2, 0.25) is 5.91 Å². The molecule has 0 radical (unpaired) electrons. The summed E-state index contributed by atoms with van der Waals surface area (Å²) >= 11 is 0. The van der Waals surface area contributed by atoms with Crippen molar-refractivity contribution in [2.24, 2.45) is 5.92 Å². The van der Waals surface area contributed by atoms with Crippen molar-refractivity contribution in [3.05, 3.63) is 12.4 Å². The third kappa shape index (κ3) is 1.60. The number of fused-ring (bicyclic) bond motifs is 1. The Hall–Kier alpha value is -1.85. The molecule has 2 aliphatic heterocycles. The Bertz CT molecular complexity index is 449. The number of carbonyl (C=O) groups excluding carboxylic acids is 1. The zero-order chi connectivity index (χ0) is 11.8. The fraction of sp³-hybridized carbons (Fsp3) is 0.545. The molecule has 0 saturated carbocycles. The Morgan fingerprint density at radius 1 is 1.41 bits per heavy atom. The van der Waals surface area contributed by atoms with Crippen LogP contribution in [-0.2, 0) is 4.79 Å².